The van der Waals surface area contributed by atoms with Gasteiger partial charge >= 0.3 is 0 Å². The molecular weight excluding hydrogens is 523 g/mol. The smallest absolute Gasteiger partial charge is 0.220 e. The van der Waals surface area contributed by atoms with Gasteiger partial charge in [0.25, 0.3) is 0 Å². The normalized spacial score (nSPS) is 10.9. The fourth-order valence-corrected chi connectivity index (χ4v) is 4.92. The van der Waals surface area contributed by atoms with Crippen LogP contribution in [0, 0.1) is 0 Å². The zero-order valence-corrected chi connectivity index (χ0v) is 21.8. The molecule has 180 valence electrons. The molecule has 0 spiro atoms. The lowest BCUT2D eigenvalue weighted by molar-refractivity contribution is -0.121. The fourth-order valence-electron chi connectivity index (χ4n) is 3.51. The average molecular weight is 546 g/mol. The van der Waals surface area contributed by atoms with Crippen LogP contribution in [0.4, 0.5) is 0 Å². The Labute approximate surface area is 223 Å². The van der Waals surface area contributed by atoms with Crippen molar-refractivity contribution >= 4 is 52.5 Å². The van der Waals surface area contributed by atoms with Gasteiger partial charge in [0.1, 0.15) is 0 Å². The van der Waals surface area contributed by atoms with Crippen molar-refractivity contribution in [2.75, 3.05) is 12.3 Å². The van der Waals surface area contributed by atoms with Crippen LogP contribution in [0.2, 0.25) is 15.1 Å². The molecule has 0 saturated carbocycles. The third-order valence-corrected chi connectivity index (χ3v) is 7.35. The highest BCUT2D eigenvalue weighted by molar-refractivity contribution is 7.99. The first kappa shape index (κ1) is 25.6. The molecule has 0 bridgehead atoms. The first-order valence-electron chi connectivity index (χ1n) is 11.1. The molecule has 0 fully saturated rings. The molecule has 4 rings (SSSR count). The fraction of sp³-hybridized carbons (Fsp3) is 0.192. The van der Waals surface area contributed by atoms with Crippen LogP contribution in [0.1, 0.15) is 18.4 Å². The van der Waals surface area contributed by atoms with Crippen LogP contribution in [0.25, 0.3) is 17.1 Å². The SMILES string of the molecule is O=C(CCCSc1nnc(-c2ccccc2Cl)n1-c1ccc(Cl)c(Cl)c1)NCCc1ccccc1. The summed E-state index contributed by atoms with van der Waals surface area (Å²) in [5.41, 5.74) is 2.75. The van der Waals surface area contributed by atoms with Gasteiger partial charge in [0.05, 0.1) is 20.8 Å². The molecule has 0 radical (unpaired) electrons. The number of hydrogen-bond donors (Lipinski definition) is 1. The summed E-state index contributed by atoms with van der Waals surface area (Å²) in [7, 11) is 0. The lowest BCUT2D eigenvalue weighted by Gasteiger charge is -2.12. The van der Waals surface area contributed by atoms with Crippen LogP contribution in [0.15, 0.2) is 78.0 Å². The number of halogens is 3. The minimum absolute atomic E-state index is 0.0456. The maximum atomic E-state index is 12.2. The van der Waals surface area contributed by atoms with Gasteiger partial charge in [0.2, 0.25) is 5.91 Å². The number of benzene rings is 3. The number of rotatable bonds is 10. The van der Waals surface area contributed by atoms with Crippen molar-refractivity contribution in [1.29, 1.82) is 0 Å². The van der Waals surface area contributed by atoms with Crippen molar-refractivity contribution in [2.24, 2.45) is 0 Å². The number of amides is 1. The molecule has 4 aromatic rings. The summed E-state index contributed by atoms with van der Waals surface area (Å²) < 4.78 is 1.91. The van der Waals surface area contributed by atoms with Crippen molar-refractivity contribution in [3.8, 4) is 17.1 Å². The van der Waals surface area contributed by atoms with Crippen molar-refractivity contribution in [2.45, 2.75) is 24.4 Å². The Morgan fingerprint density at radius 1 is 0.886 bits per heavy atom. The zero-order valence-electron chi connectivity index (χ0n) is 18.8. The molecule has 0 aliphatic carbocycles. The molecule has 1 heterocycles. The minimum Gasteiger partial charge on any atom is -0.356 e. The van der Waals surface area contributed by atoms with Gasteiger partial charge in [0.15, 0.2) is 11.0 Å². The Morgan fingerprint density at radius 3 is 2.43 bits per heavy atom. The topological polar surface area (TPSA) is 59.8 Å². The molecule has 1 N–H and O–H groups in total. The Morgan fingerprint density at radius 2 is 1.66 bits per heavy atom. The van der Waals surface area contributed by atoms with Crippen LogP contribution in [-0.2, 0) is 11.2 Å². The van der Waals surface area contributed by atoms with Crippen LogP contribution < -0.4 is 5.32 Å². The third-order valence-electron chi connectivity index (χ3n) is 5.27. The summed E-state index contributed by atoms with van der Waals surface area (Å²) in [6.07, 6.45) is 1.97. The maximum absolute atomic E-state index is 12.2. The number of nitrogens with zero attached hydrogens (tertiary/aromatic N) is 3. The molecule has 0 unspecified atom stereocenters. The summed E-state index contributed by atoms with van der Waals surface area (Å²) in [4.78, 5) is 12.2. The van der Waals surface area contributed by atoms with Crippen molar-refractivity contribution in [3.05, 3.63) is 93.4 Å². The second-order valence-electron chi connectivity index (χ2n) is 7.76. The lowest BCUT2D eigenvalue weighted by Crippen LogP contribution is -2.25. The molecule has 1 aromatic heterocycles. The van der Waals surface area contributed by atoms with E-state index in [2.05, 4.69) is 27.6 Å². The largest absolute Gasteiger partial charge is 0.356 e. The average Bonchev–Trinajstić information content (AvgIpc) is 3.28. The molecule has 9 heteroatoms. The summed E-state index contributed by atoms with van der Waals surface area (Å²) in [5, 5.41) is 14.0. The molecule has 0 saturated heterocycles. The van der Waals surface area contributed by atoms with E-state index in [1.54, 1.807) is 12.1 Å². The van der Waals surface area contributed by atoms with Crippen molar-refractivity contribution in [3.63, 3.8) is 0 Å². The molecule has 35 heavy (non-hydrogen) atoms. The van der Waals surface area contributed by atoms with Gasteiger partial charge in [-0.15, -0.1) is 10.2 Å². The highest BCUT2D eigenvalue weighted by Gasteiger charge is 2.19. The van der Waals surface area contributed by atoms with E-state index in [1.165, 1.54) is 17.3 Å². The van der Waals surface area contributed by atoms with Crippen LogP contribution in [0.5, 0.6) is 0 Å². The standard InChI is InChI=1S/C26H23Cl3N4OS/c27-21-10-5-4-9-20(21)25-31-32-26(33(25)19-12-13-22(28)23(29)17-19)35-16-6-11-24(34)30-15-14-18-7-2-1-3-8-18/h1-5,7-10,12-13,17H,6,11,14-16H2,(H,30,34). The highest BCUT2D eigenvalue weighted by Crippen LogP contribution is 2.34. The van der Waals surface area contributed by atoms with E-state index in [4.69, 9.17) is 34.8 Å². The van der Waals surface area contributed by atoms with E-state index in [9.17, 15) is 4.79 Å². The maximum Gasteiger partial charge on any atom is 0.220 e. The van der Waals surface area contributed by atoms with Gasteiger partial charge in [0, 0.05) is 24.3 Å². The van der Waals surface area contributed by atoms with Crippen molar-refractivity contribution in [1.82, 2.24) is 20.1 Å². The van der Waals surface area contributed by atoms with Gasteiger partial charge in [-0.3, -0.25) is 9.36 Å². The first-order valence-corrected chi connectivity index (χ1v) is 13.2. The Balaban J connectivity index is 1.40. The second kappa shape index (κ2) is 12.5. The van der Waals surface area contributed by atoms with E-state index < -0.39 is 0 Å². The number of aromatic nitrogens is 3. The Kier molecular flexibility index (Phi) is 9.10. The zero-order chi connectivity index (χ0) is 24.6. The van der Waals surface area contributed by atoms with E-state index >= 15 is 0 Å². The first-order chi connectivity index (χ1) is 17.0. The molecule has 5 nitrogen and oxygen atoms in total. The molecule has 0 aliphatic heterocycles. The van der Waals surface area contributed by atoms with Crippen molar-refractivity contribution < 1.29 is 4.79 Å². The van der Waals surface area contributed by atoms with E-state index in [0.717, 1.165) is 17.7 Å². The van der Waals surface area contributed by atoms with Crippen LogP contribution in [-0.4, -0.2) is 33.0 Å². The minimum atomic E-state index is 0.0456. The van der Waals surface area contributed by atoms with Gasteiger partial charge in [-0.2, -0.15) is 0 Å². The van der Waals surface area contributed by atoms with E-state index in [1.807, 2.05) is 53.1 Å². The number of carbonyl (C=O) groups is 1. The number of thioether (sulfide) groups is 1. The molecule has 1 amide bonds. The quantitative estimate of drug-likeness (QED) is 0.170. The summed E-state index contributed by atoms with van der Waals surface area (Å²) in [6, 6.07) is 23.0. The predicted octanol–water partition coefficient (Wildman–Crippen LogP) is 7.13. The lowest BCUT2D eigenvalue weighted by atomic mass is 10.1. The van der Waals surface area contributed by atoms with Gasteiger partial charge in [-0.1, -0.05) is 89.0 Å². The Bertz CT molecular complexity index is 1300. The second-order valence-corrected chi connectivity index (χ2v) is 10.0. The number of nitrogens with one attached hydrogen (secondary N) is 1. The molecule has 3 aromatic carbocycles. The monoisotopic (exact) mass is 544 g/mol. The summed E-state index contributed by atoms with van der Waals surface area (Å²) in [6.45, 7) is 0.628. The van der Waals surface area contributed by atoms with Gasteiger partial charge in [-0.25, -0.2) is 0 Å². The van der Waals surface area contributed by atoms with E-state index in [0.29, 0.717) is 51.2 Å². The van der Waals surface area contributed by atoms with Crippen LogP contribution in [0.3, 0.4) is 0 Å². The van der Waals surface area contributed by atoms with E-state index in [-0.39, 0.29) is 5.91 Å². The summed E-state index contributed by atoms with van der Waals surface area (Å²) >= 11 is 20.4. The molecule has 0 aliphatic rings. The predicted molar refractivity (Wildman–Crippen MR) is 145 cm³/mol. The molecular formula is C26H23Cl3N4OS. The van der Waals surface area contributed by atoms with Gasteiger partial charge < -0.3 is 5.32 Å². The highest BCUT2D eigenvalue weighted by atomic mass is 35.5. The third kappa shape index (κ3) is 6.79. The van der Waals surface area contributed by atoms with Gasteiger partial charge in [-0.05, 0) is 48.7 Å². The Hall–Kier alpha value is -2.51. The number of hydrogen-bond acceptors (Lipinski definition) is 4. The summed E-state index contributed by atoms with van der Waals surface area (Å²) in [5.74, 6) is 1.35. The molecule has 0 atom stereocenters. The van der Waals surface area contributed by atoms with Crippen LogP contribution >= 0.6 is 46.6 Å². The number of carbonyl (C=O) groups excluding carboxylic acids is 1.